The molecular weight excluding hydrogens is 242 g/mol. The molecular formula is C14H19N3O2. The highest BCUT2D eigenvalue weighted by Gasteiger charge is 2.12. The first-order valence-electron chi connectivity index (χ1n) is 6.61. The second kappa shape index (κ2) is 5.82. The second-order valence-corrected chi connectivity index (χ2v) is 4.95. The molecule has 2 aromatic rings. The van der Waals surface area contributed by atoms with Gasteiger partial charge in [-0.2, -0.15) is 4.98 Å². The van der Waals surface area contributed by atoms with Crippen LogP contribution in [0.15, 0.2) is 23.0 Å². The number of carbonyl (C=O) groups is 1. The van der Waals surface area contributed by atoms with Crippen molar-refractivity contribution < 1.29 is 9.32 Å². The molecule has 19 heavy (non-hydrogen) atoms. The fraction of sp³-hybridized carbons (Fsp3) is 0.500. The highest BCUT2D eigenvalue weighted by molar-refractivity contribution is 5.97. The summed E-state index contributed by atoms with van der Waals surface area (Å²) in [5.74, 6) is 1.47. The fourth-order valence-corrected chi connectivity index (χ4v) is 1.85. The molecule has 0 saturated heterocycles. The molecule has 2 heterocycles. The Hall–Kier alpha value is -1.91. The molecule has 0 aliphatic heterocycles. The maximum absolute atomic E-state index is 11.8. The van der Waals surface area contributed by atoms with E-state index in [1.807, 2.05) is 36.9 Å². The zero-order valence-corrected chi connectivity index (χ0v) is 11.6. The fourth-order valence-electron chi connectivity index (χ4n) is 1.85. The number of Topliss-reactive ketones (excluding diaryl/α,β-unsaturated/α-hetero) is 1. The van der Waals surface area contributed by atoms with Gasteiger partial charge in [-0.25, -0.2) is 0 Å². The highest BCUT2D eigenvalue weighted by Crippen LogP contribution is 2.10. The van der Waals surface area contributed by atoms with Gasteiger partial charge in [-0.15, -0.1) is 0 Å². The largest absolute Gasteiger partial charge is 0.346 e. The minimum Gasteiger partial charge on any atom is -0.346 e. The van der Waals surface area contributed by atoms with Gasteiger partial charge in [0.15, 0.2) is 11.6 Å². The van der Waals surface area contributed by atoms with Crippen LogP contribution in [0.25, 0.3) is 0 Å². The molecule has 0 aliphatic carbocycles. The minimum atomic E-state index is 0.0113. The molecule has 2 rings (SSSR count). The molecule has 0 N–H and O–H groups in total. The van der Waals surface area contributed by atoms with E-state index in [-0.39, 0.29) is 11.7 Å². The molecule has 2 aromatic heterocycles. The summed E-state index contributed by atoms with van der Waals surface area (Å²) < 4.78 is 7.03. The first kappa shape index (κ1) is 13.5. The Morgan fingerprint density at radius 2 is 2.26 bits per heavy atom. The Labute approximate surface area is 112 Å². The third-order valence-corrected chi connectivity index (χ3v) is 2.86. The lowest BCUT2D eigenvalue weighted by Crippen LogP contribution is -2.06. The van der Waals surface area contributed by atoms with Gasteiger partial charge in [0.25, 0.3) is 0 Å². The quantitative estimate of drug-likeness (QED) is 0.750. The zero-order valence-electron chi connectivity index (χ0n) is 11.6. The van der Waals surface area contributed by atoms with E-state index in [0.29, 0.717) is 18.3 Å². The second-order valence-electron chi connectivity index (χ2n) is 4.95. The van der Waals surface area contributed by atoms with E-state index >= 15 is 0 Å². The molecule has 0 amide bonds. The highest BCUT2D eigenvalue weighted by atomic mass is 16.5. The molecule has 0 spiro atoms. The summed E-state index contributed by atoms with van der Waals surface area (Å²) >= 11 is 0. The van der Waals surface area contributed by atoms with E-state index in [0.717, 1.165) is 18.4 Å². The van der Waals surface area contributed by atoms with Crippen molar-refractivity contribution in [3.63, 3.8) is 0 Å². The smallest absolute Gasteiger partial charge is 0.226 e. The predicted octanol–water partition coefficient (Wildman–Crippen LogP) is 2.71. The number of rotatable bonds is 6. The zero-order chi connectivity index (χ0) is 13.8. The minimum absolute atomic E-state index is 0.0113. The summed E-state index contributed by atoms with van der Waals surface area (Å²) in [7, 11) is 0. The van der Waals surface area contributed by atoms with Gasteiger partial charge in [0.1, 0.15) is 0 Å². The maximum Gasteiger partial charge on any atom is 0.226 e. The summed E-state index contributed by atoms with van der Waals surface area (Å²) in [6.07, 6.45) is 5.48. The third-order valence-electron chi connectivity index (χ3n) is 2.86. The van der Waals surface area contributed by atoms with Crippen LogP contribution in [0.3, 0.4) is 0 Å². The van der Waals surface area contributed by atoms with Gasteiger partial charge in [0, 0.05) is 30.3 Å². The molecule has 0 atom stereocenters. The molecule has 0 aliphatic rings. The van der Waals surface area contributed by atoms with Crippen LogP contribution in [-0.4, -0.2) is 20.5 Å². The van der Waals surface area contributed by atoms with E-state index < -0.39 is 0 Å². The monoisotopic (exact) mass is 261 g/mol. The van der Waals surface area contributed by atoms with Crippen molar-refractivity contribution in [2.24, 2.45) is 5.92 Å². The van der Waals surface area contributed by atoms with Crippen molar-refractivity contribution in [2.75, 3.05) is 0 Å². The number of hydrogen-bond acceptors (Lipinski definition) is 4. The van der Waals surface area contributed by atoms with Crippen molar-refractivity contribution >= 4 is 5.78 Å². The van der Waals surface area contributed by atoms with Gasteiger partial charge in [-0.3, -0.25) is 4.79 Å². The van der Waals surface area contributed by atoms with E-state index in [1.54, 1.807) is 0 Å². The third kappa shape index (κ3) is 3.30. The molecule has 0 bridgehead atoms. The summed E-state index contributed by atoms with van der Waals surface area (Å²) in [5, 5.41) is 3.93. The van der Waals surface area contributed by atoms with E-state index in [1.165, 1.54) is 0 Å². The lowest BCUT2D eigenvalue weighted by Gasteiger charge is -2.00. The standard InChI is InChI=1S/C14H19N3O2/c1-4-5-13-15-12(16-19-13)9-17-7-6-11(8-17)14(18)10(2)3/h6-8,10H,4-5,9H2,1-3H3. The van der Waals surface area contributed by atoms with Gasteiger partial charge in [0.05, 0.1) is 6.54 Å². The van der Waals surface area contributed by atoms with Crippen LogP contribution in [0.5, 0.6) is 0 Å². The summed E-state index contributed by atoms with van der Waals surface area (Å²) in [6.45, 7) is 6.39. The summed E-state index contributed by atoms with van der Waals surface area (Å²) in [6, 6.07) is 1.83. The number of nitrogens with zero attached hydrogens (tertiary/aromatic N) is 3. The molecule has 0 saturated carbocycles. The van der Waals surface area contributed by atoms with Crippen molar-refractivity contribution in [2.45, 2.75) is 40.2 Å². The molecule has 0 radical (unpaired) electrons. The molecule has 0 fully saturated rings. The Morgan fingerprint density at radius 3 is 2.95 bits per heavy atom. The first-order valence-corrected chi connectivity index (χ1v) is 6.61. The van der Waals surface area contributed by atoms with Crippen LogP contribution in [-0.2, 0) is 13.0 Å². The summed E-state index contributed by atoms with van der Waals surface area (Å²) in [4.78, 5) is 16.1. The van der Waals surface area contributed by atoms with E-state index in [9.17, 15) is 4.79 Å². The molecule has 0 unspecified atom stereocenters. The molecule has 5 nitrogen and oxygen atoms in total. The van der Waals surface area contributed by atoms with Crippen LogP contribution in [0, 0.1) is 5.92 Å². The van der Waals surface area contributed by atoms with E-state index in [4.69, 9.17) is 4.52 Å². The van der Waals surface area contributed by atoms with Crippen molar-refractivity contribution in [3.05, 3.63) is 35.7 Å². The number of ketones is 1. The SMILES string of the molecule is CCCc1nc(Cn2ccc(C(=O)C(C)C)c2)no1. The first-order chi connectivity index (χ1) is 9.10. The Bertz CT molecular complexity index is 555. The number of aryl methyl sites for hydroxylation is 1. The van der Waals surface area contributed by atoms with Crippen LogP contribution in [0.2, 0.25) is 0 Å². The molecule has 102 valence electrons. The van der Waals surface area contributed by atoms with Gasteiger partial charge >= 0.3 is 0 Å². The molecule has 5 heteroatoms. The number of hydrogen-bond donors (Lipinski definition) is 0. The average Bonchev–Trinajstić information content (AvgIpc) is 2.99. The number of carbonyl (C=O) groups excluding carboxylic acids is 1. The Morgan fingerprint density at radius 1 is 1.47 bits per heavy atom. The van der Waals surface area contributed by atoms with Crippen LogP contribution >= 0.6 is 0 Å². The van der Waals surface area contributed by atoms with Crippen molar-refractivity contribution in [1.29, 1.82) is 0 Å². The van der Waals surface area contributed by atoms with Crippen LogP contribution in [0.1, 0.15) is 49.3 Å². The molecule has 0 aromatic carbocycles. The van der Waals surface area contributed by atoms with Gasteiger partial charge in [-0.05, 0) is 12.5 Å². The normalized spacial score (nSPS) is 11.2. The lowest BCUT2D eigenvalue weighted by atomic mass is 10.0. The maximum atomic E-state index is 11.8. The Balaban J connectivity index is 2.04. The summed E-state index contributed by atoms with van der Waals surface area (Å²) in [5.41, 5.74) is 0.729. The predicted molar refractivity (Wildman–Crippen MR) is 71.0 cm³/mol. The Kier molecular flexibility index (Phi) is 4.14. The lowest BCUT2D eigenvalue weighted by molar-refractivity contribution is 0.0939. The van der Waals surface area contributed by atoms with Crippen molar-refractivity contribution in [1.82, 2.24) is 14.7 Å². The number of aromatic nitrogens is 3. The van der Waals surface area contributed by atoms with Gasteiger partial charge < -0.3 is 9.09 Å². The van der Waals surface area contributed by atoms with Crippen molar-refractivity contribution in [3.8, 4) is 0 Å². The van der Waals surface area contributed by atoms with Crippen LogP contribution < -0.4 is 0 Å². The van der Waals surface area contributed by atoms with Gasteiger partial charge in [-0.1, -0.05) is 25.9 Å². The topological polar surface area (TPSA) is 60.9 Å². The van der Waals surface area contributed by atoms with Gasteiger partial charge in [0.2, 0.25) is 5.89 Å². The average molecular weight is 261 g/mol. The van der Waals surface area contributed by atoms with E-state index in [2.05, 4.69) is 17.1 Å². The van der Waals surface area contributed by atoms with Crippen LogP contribution in [0.4, 0.5) is 0 Å².